The Hall–Kier alpha value is -3.38. The zero-order chi connectivity index (χ0) is 22.7. The number of fused-ring (bicyclic) bond motifs is 1. The Kier molecular flexibility index (Phi) is 6.42. The molecule has 1 N–H and O–H groups in total. The van der Waals surface area contributed by atoms with Gasteiger partial charge in [0.15, 0.2) is 5.16 Å². The van der Waals surface area contributed by atoms with Crippen molar-refractivity contribution in [3.8, 4) is 5.69 Å². The van der Waals surface area contributed by atoms with Gasteiger partial charge in [0.2, 0.25) is 5.91 Å². The molecule has 0 saturated heterocycles. The number of nitrogens with zero attached hydrogens (tertiary/aromatic N) is 2. The van der Waals surface area contributed by atoms with Crippen molar-refractivity contribution in [2.75, 3.05) is 5.75 Å². The van der Waals surface area contributed by atoms with Gasteiger partial charge < -0.3 is 5.32 Å². The van der Waals surface area contributed by atoms with Crippen molar-refractivity contribution in [2.45, 2.75) is 32.0 Å². The number of aromatic nitrogens is 2. The largest absolute Gasteiger partial charge is 0.349 e. The zero-order valence-corrected chi connectivity index (χ0v) is 19.1. The van der Waals surface area contributed by atoms with E-state index in [9.17, 15) is 9.59 Å². The molecule has 0 aliphatic heterocycles. The highest BCUT2D eigenvalue weighted by molar-refractivity contribution is 7.99. The van der Waals surface area contributed by atoms with Gasteiger partial charge in [0.25, 0.3) is 5.56 Å². The number of thioether (sulfide) groups is 1. The summed E-state index contributed by atoms with van der Waals surface area (Å²) in [6, 6.07) is 22.9. The molecule has 32 heavy (non-hydrogen) atoms. The Labute approximate surface area is 191 Å². The Morgan fingerprint density at radius 2 is 1.72 bits per heavy atom. The van der Waals surface area contributed by atoms with E-state index in [1.807, 2.05) is 87.5 Å². The summed E-state index contributed by atoms with van der Waals surface area (Å²) in [6.07, 6.45) is 0. The molecule has 1 aromatic heterocycles. The van der Waals surface area contributed by atoms with Crippen LogP contribution in [-0.4, -0.2) is 21.2 Å². The van der Waals surface area contributed by atoms with Crippen LogP contribution in [0.25, 0.3) is 16.6 Å². The molecule has 1 heterocycles. The fourth-order valence-electron chi connectivity index (χ4n) is 3.54. The Morgan fingerprint density at radius 1 is 1.00 bits per heavy atom. The smallest absolute Gasteiger partial charge is 0.266 e. The Balaban J connectivity index is 1.64. The predicted molar refractivity (Wildman–Crippen MR) is 131 cm³/mol. The minimum atomic E-state index is -0.139. The standard InChI is InChI=1S/C26H25N3O2S/c1-17-13-14-21(15-18(17)2)29-25(31)22-11-7-8-12-23(22)28-26(29)32-16-24(30)27-19(3)20-9-5-4-6-10-20/h4-15,19H,16H2,1-3H3,(H,27,30). The lowest BCUT2D eigenvalue weighted by molar-refractivity contribution is -0.119. The summed E-state index contributed by atoms with van der Waals surface area (Å²) in [6.45, 7) is 6.01. The molecule has 4 aromatic rings. The van der Waals surface area contributed by atoms with Gasteiger partial charge in [0.05, 0.1) is 28.4 Å². The number of hydrogen-bond donors (Lipinski definition) is 1. The highest BCUT2D eigenvalue weighted by atomic mass is 32.2. The number of amides is 1. The fourth-order valence-corrected chi connectivity index (χ4v) is 4.36. The normalized spacial score (nSPS) is 12.0. The lowest BCUT2D eigenvalue weighted by Gasteiger charge is -2.16. The molecule has 0 bridgehead atoms. The Bertz CT molecular complexity index is 1330. The molecule has 0 aliphatic carbocycles. The van der Waals surface area contributed by atoms with Crippen LogP contribution in [0, 0.1) is 13.8 Å². The van der Waals surface area contributed by atoms with Gasteiger partial charge in [0.1, 0.15) is 0 Å². The first-order valence-corrected chi connectivity index (χ1v) is 11.5. The molecule has 0 radical (unpaired) electrons. The summed E-state index contributed by atoms with van der Waals surface area (Å²) in [7, 11) is 0. The highest BCUT2D eigenvalue weighted by Crippen LogP contribution is 2.23. The van der Waals surface area contributed by atoms with E-state index in [-0.39, 0.29) is 23.3 Å². The van der Waals surface area contributed by atoms with Crippen LogP contribution in [-0.2, 0) is 4.79 Å². The van der Waals surface area contributed by atoms with Gasteiger partial charge in [0, 0.05) is 0 Å². The molecule has 162 valence electrons. The summed E-state index contributed by atoms with van der Waals surface area (Å²) in [5, 5.41) is 4.07. The number of aryl methyl sites for hydroxylation is 2. The first kappa shape index (κ1) is 21.8. The molecule has 0 spiro atoms. The summed E-state index contributed by atoms with van der Waals surface area (Å²) >= 11 is 1.27. The number of benzene rings is 3. The Morgan fingerprint density at radius 3 is 2.47 bits per heavy atom. The first-order valence-electron chi connectivity index (χ1n) is 10.5. The van der Waals surface area contributed by atoms with Crippen molar-refractivity contribution in [1.82, 2.24) is 14.9 Å². The molecule has 0 aliphatic rings. The molecular formula is C26H25N3O2S. The van der Waals surface area contributed by atoms with Crippen molar-refractivity contribution in [1.29, 1.82) is 0 Å². The van der Waals surface area contributed by atoms with Crippen LogP contribution < -0.4 is 10.9 Å². The lowest BCUT2D eigenvalue weighted by Crippen LogP contribution is -2.29. The minimum absolute atomic E-state index is 0.101. The van der Waals surface area contributed by atoms with E-state index in [0.717, 1.165) is 22.4 Å². The van der Waals surface area contributed by atoms with Gasteiger partial charge >= 0.3 is 0 Å². The van der Waals surface area contributed by atoms with Gasteiger partial charge in [-0.05, 0) is 61.7 Å². The molecule has 6 heteroatoms. The molecule has 4 rings (SSSR count). The van der Waals surface area contributed by atoms with Crippen LogP contribution in [0.2, 0.25) is 0 Å². The van der Waals surface area contributed by atoms with Crippen LogP contribution in [0.4, 0.5) is 0 Å². The van der Waals surface area contributed by atoms with Crippen molar-refractivity contribution in [3.05, 3.63) is 99.8 Å². The quantitative estimate of drug-likeness (QED) is 0.337. The molecular weight excluding hydrogens is 418 g/mol. The van der Waals surface area contributed by atoms with Gasteiger partial charge in [-0.25, -0.2) is 4.98 Å². The predicted octanol–water partition coefficient (Wildman–Crippen LogP) is 4.97. The van der Waals surface area contributed by atoms with Gasteiger partial charge in [-0.3, -0.25) is 14.2 Å². The van der Waals surface area contributed by atoms with E-state index >= 15 is 0 Å². The second-order valence-electron chi connectivity index (χ2n) is 7.81. The molecule has 0 fully saturated rings. The summed E-state index contributed by atoms with van der Waals surface area (Å²) in [4.78, 5) is 30.7. The molecule has 1 amide bonds. The second-order valence-corrected chi connectivity index (χ2v) is 8.75. The molecule has 1 unspecified atom stereocenters. The van der Waals surface area contributed by atoms with Crippen LogP contribution in [0.15, 0.2) is 82.7 Å². The maximum Gasteiger partial charge on any atom is 0.266 e. The number of para-hydroxylation sites is 1. The summed E-state index contributed by atoms with van der Waals surface area (Å²) < 4.78 is 1.60. The number of carbonyl (C=O) groups is 1. The van der Waals surface area contributed by atoms with Crippen molar-refractivity contribution in [3.63, 3.8) is 0 Å². The van der Waals surface area contributed by atoms with Crippen molar-refractivity contribution >= 4 is 28.6 Å². The number of nitrogens with one attached hydrogen (secondary N) is 1. The number of hydrogen-bond acceptors (Lipinski definition) is 4. The first-order chi connectivity index (χ1) is 15.4. The van der Waals surface area contributed by atoms with Gasteiger partial charge in [-0.2, -0.15) is 0 Å². The van der Waals surface area contributed by atoms with Crippen molar-refractivity contribution < 1.29 is 4.79 Å². The third kappa shape index (κ3) is 4.60. The minimum Gasteiger partial charge on any atom is -0.349 e. The van der Waals surface area contributed by atoms with E-state index < -0.39 is 0 Å². The lowest BCUT2D eigenvalue weighted by atomic mass is 10.1. The fraction of sp³-hybridized carbons (Fsp3) is 0.192. The van der Waals surface area contributed by atoms with E-state index in [4.69, 9.17) is 4.98 Å². The van der Waals surface area contributed by atoms with Gasteiger partial charge in [-0.1, -0.05) is 60.3 Å². The SMILES string of the molecule is Cc1ccc(-n2c(SCC(=O)NC(C)c3ccccc3)nc3ccccc3c2=O)cc1C. The van der Waals surface area contributed by atoms with E-state index in [1.165, 1.54) is 11.8 Å². The van der Waals surface area contributed by atoms with Crippen LogP contribution in [0.3, 0.4) is 0 Å². The molecule has 1 atom stereocenters. The zero-order valence-electron chi connectivity index (χ0n) is 18.3. The van der Waals surface area contributed by atoms with Crippen molar-refractivity contribution in [2.24, 2.45) is 0 Å². The number of rotatable bonds is 6. The molecule has 0 saturated carbocycles. The van der Waals surface area contributed by atoms with E-state index in [2.05, 4.69) is 5.32 Å². The average molecular weight is 444 g/mol. The third-order valence-electron chi connectivity index (χ3n) is 5.50. The van der Waals surface area contributed by atoms with E-state index in [0.29, 0.717) is 16.1 Å². The monoisotopic (exact) mass is 443 g/mol. The third-order valence-corrected chi connectivity index (χ3v) is 6.44. The summed E-state index contributed by atoms with van der Waals surface area (Å²) in [5.74, 6) is 0.0488. The maximum atomic E-state index is 13.4. The second kappa shape index (κ2) is 9.40. The van der Waals surface area contributed by atoms with Crippen LogP contribution >= 0.6 is 11.8 Å². The molecule has 3 aromatic carbocycles. The van der Waals surface area contributed by atoms with E-state index in [1.54, 1.807) is 10.6 Å². The highest BCUT2D eigenvalue weighted by Gasteiger charge is 2.16. The van der Waals surface area contributed by atoms with Gasteiger partial charge in [-0.15, -0.1) is 0 Å². The summed E-state index contributed by atoms with van der Waals surface area (Å²) in [5.41, 5.74) is 4.52. The molecule has 5 nitrogen and oxygen atoms in total. The average Bonchev–Trinajstić information content (AvgIpc) is 2.80. The number of carbonyl (C=O) groups excluding carboxylic acids is 1. The topological polar surface area (TPSA) is 64.0 Å². The maximum absolute atomic E-state index is 13.4. The van der Waals surface area contributed by atoms with Crippen LogP contribution in [0.1, 0.15) is 29.7 Å². The van der Waals surface area contributed by atoms with Crippen LogP contribution in [0.5, 0.6) is 0 Å².